The second-order valence-electron chi connectivity index (χ2n) is 4.69. The van der Waals surface area contributed by atoms with Crippen molar-refractivity contribution in [1.29, 1.82) is 5.26 Å². The highest BCUT2D eigenvalue weighted by Gasteiger charge is 2.06. The van der Waals surface area contributed by atoms with E-state index in [9.17, 15) is 9.90 Å². The van der Waals surface area contributed by atoms with Gasteiger partial charge in [-0.3, -0.25) is 4.79 Å². The molecule has 1 heterocycles. The minimum atomic E-state index is -0.387. The molecule has 0 unspecified atom stereocenters. The molecule has 0 saturated carbocycles. The van der Waals surface area contributed by atoms with Crippen LogP contribution < -0.4 is 5.56 Å². The zero-order valence-electron chi connectivity index (χ0n) is 11.4. The second-order valence-corrected chi connectivity index (χ2v) is 4.69. The lowest BCUT2D eigenvalue weighted by Gasteiger charge is -2.02. The van der Waals surface area contributed by atoms with Crippen molar-refractivity contribution in [1.82, 2.24) is 9.97 Å². The highest BCUT2D eigenvalue weighted by atomic mass is 16.3. The zero-order valence-corrected chi connectivity index (χ0v) is 11.4. The van der Waals surface area contributed by atoms with Crippen LogP contribution in [-0.4, -0.2) is 15.1 Å². The Hall–Kier alpha value is -3.39. The third-order valence-corrected chi connectivity index (χ3v) is 3.19. The van der Waals surface area contributed by atoms with Gasteiger partial charge in [-0.25, -0.2) is 4.98 Å². The number of hydrogen-bond donors (Lipinski definition) is 2. The Morgan fingerprint density at radius 3 is 2.86 bits per heavy atom. The van der Waals surface area contributed by atoms with Crippen LogP contribution in [0, 0.1) is 11.3 Å². The summed E-state index contributed by atoms with van der Waals surface area (Å²) in [6, 6.07) is 15.7. The number of benzene rings is 2. The van der Waals surface area contributed by atoms with Crippen LogP contribution in [0.1, 0.15) is 16.8 Å². The van der Waals surface area contributed by atoms with Crippen molar-refractivity contribution in [3.8, 4) is 6.07 Å². The second kappa shape index (κ2) is 5.54. The van der Waals surface area contributed by atoms with Crippen molar-refractivity contribution >= 4 is 22.9 Å². The number of aromatic nitrogens is 2. The third kappa shape index (κ3) is 2.58. The molecule has 0 radical (unpaired) electrons. The van der Waals surface area contributed by atoms with Crippen LogP contribution >= 0.6 is 0 Å². The van der Waals surface area contributed by atoms with Gasteiger partial charge in [-0.1, -0.05) is 24.3 Å². The molecular formula is C17H11N3O2. The van der Waals surface area contributed by atoms with Crippen molar-refractivity contribution in [3.05, 3.63) is 75.7 Å². The normalized spacial score (nSPS) is 11.3. The molecule has 0 spiro atoms. The van der Waals surface area contributed by atoms with Crippen molar-refractivity contribution in [3.63, 3.8) is 0 Å². The van der Waals surface area contributed by atoms with E-state index >= 15 is 0 Å². The zero-order chi connectivity index (χ0) is 15.5. The molecule has 0 atom stereocenters. The molecule has 0 aliphatic carbocycles. The molecule has 2 N–H and O–H groups in total. The van der Waals surface area contributed by atoms with E-state index in [1.165, 1.54) is 6.08 Å². The molecule has 0 amide bonds. The summed E-state index contributed by atoms with van der Waals surface area (Å²) in [5.74, 6) is -0.120. The summed E-state index contributed by atoms with van der Waals surface area (Å²) in [6.45, 7) is 0. The van der Waals surface area contributed by atoms with Crippen molar-refractivity contribution in [2.75, 3.05) is 0 Å². The van der Waals surface area contributed by atoms with E-state index in [0.29, 0.717) is 22.2 Å². The van der Waals surface area contributed by atoms with Crippen LogP contribution in [0.5, 0.6) is 0 Å². The first-order valence-electron chi connectivity index (χ1n) is 6.57. The summed E-state index contributed by atoms with van der Waals surface area (Å²) in [5, 5.41) is 19.0. The first kappa shape index (κ1) is 13.6. The maximum absolute atomic E-state index is 12.0. The standard InChI is InChI=1S/C17H11N3O2/c18-10-11-4-3-5-12(8-11)16(21)9-15-17(22)20-14-7-2-1-6-13(14)19-15/h1-9,21H,(H,20,22). The highest BCUT2D eigenvalue weighted by Crippen LogP contribution is 2.15. The summed E-state index contributed by atoms with van der Waals surface area (Å²) >= 11 is 0. The molecule has 5 nitrogen and oxygen atoms in total. The lowest BCUT2D eigenvalue weighted by molar-refractivity contribution is 0.515. The molecule has 106 valence electrons. The van der Waals surface area contributed by atoms with E-state index in [1.807, 2.05) is 12.1 Å². The van der Waals surface area contributed by atoms with Crippen LogP contribution in [0.3, 0.4) is 0 Å². The maximum Gasteiger partial charge on any atom is 0.274 e. The Bertz CT molecular complexity index is 981. The molecule has 3 aromatic rings. The van der Waals surface area contributed by atoms with Crippen LogP contribution in [0.15, 0.2) is 53.3 Å². The van der Waals surface area contributed by atoms with Crippen molar-refractivity contribution in [2.24, 2.45) is 0 Å². The lowest BCUT2D eigenvalue weighted by Crippen LogP contribution is -2.12. The Morgan fingerprint density at radius 2 is 2.05 bits per heavy atom. The number of rotatable bonds is 2. The number of hydrogen-bond acceptors (Lipinski definition) is 4. The predicted molar refractivity (Wildman–Crippen MR) is 84.0 cm³/mol. The van der Waals surface area contributed by atoms with Crippen molar-refractivity contribution in [2.45, 2.75) is 0 Å². The fourth-order valence-electron chi connectivity index (χ4n) is 2.10. The summed E-state index contributed by atoms with van der Waals surface area (Å²) in [6.07, 6.45) is 1.29. The molecule has 1 aromatic heterocycles. The molecular weight excluding hydrogens is 278 g/mol. The highest BCUT2D eigenvalue weighted by molar-refractivity contribution is 5.79. The van der Waals surface area contributed by atoms with Crippen molar-refractivity contribution < 1.29 is 5.11 Å². The molecule has 0 aliphatic rings. The van der Waals surface area contributed by atoms with Gasteiger partial charge in [0, 0.05) is 11.6 Å². The number of aliphatic hydroxyl groups excluding tert-OH is 1. The Morgan fingerprint density at radius 1 is 1.23 bits per heavy atom. The van der Waals surface area contributed by atoms with Gasteiger partial charge < -0.3 is 10.1 Å². The lowest BCUT2D eigenvalue weighted by atomic mass is 10.1. The van der Waals surface area contributed by atoms with E-state index in [-0.39, 0.29) is 17.0 Å². The van der Waals surface area contributed by atoms with Gasteiger partial charge in [0.15, 0.2) is 0 Å². The SMILES string of the molecule is N#Cc1cccc(C(O)=Cc2nc3ccccc3[nH]c2=O)c1. The van der Waals surface area contributed by atoms with Gasteiger partial charge in [-0.05, 0) is 24.3 Å². The third-order valence-electron chi connectivity index (χ3n) is 3.19. The topological polar surface area (TPSA) is 89.8 Å². The largest absolute Gasteiger partial charge is 0.507 e. The monoisotopic (exact) mass is 289 g/mol. The molecule has 0 aliphatic heterocycles. The van der Waals surface area contributed by atoms with Crippen LogP contribution in [-0.2, 0) is 0 Å². The number of nitriles is 1. The van der Waals surface area contributed by atoms with Crippen LogP contribution in [0.4, 0.5) is 0 Å². The van der Waals surface area contributed by atoms with Gasteiger partial charge in [-0.2, -0.15) is 5.26 Å². The van der Waals surface area contributed by atoms with E-state index in [1.54, 1.807) is 42.5 Å². The molecule has 0 saturated heterocycles. The van der Waals surface area contributed by atoms with Gasteiger partial charge in [0.25, 0.3) is 5.56 Å². The fourth-order valence-corrected chi connectivity index (χ4v) is 2.10. The van der Waals surface area contributed by atoms with E-state index in [2.05, 4.69) is 9.97 Å². The first-order chi connectivity index (χ1) is 10.7. The number of para-hydroxylation sites is 2. The molecule has 2 aromatic carbocycles. The summed E-state index contributed by atoms with van der Waals surface area (Å²) in [5.41, 5.74) is 1.87. The minimum Gasteiger partial charge on any atom is -0.507 e. The Labute approximate surface area is 125 Å². The average molecular weight is 289 g/mol. The summed E-state index contributed by atoms with van der Waals surface area (Å²) in [7, 11) is 0. The van der Waals surface area contributed by atoms with Gasteiger partial charge in [0.1, 0.15) is 11.5 Å². The number of H-pyrrole nitrogens is 1. The Balaban J connectivity index is 2.09. The molecule has 0 fully saturated rings. The van der Waals surface area contributed by atoms with E-state index < -0.39 is 0 Å². The van der Waals surface area contributed by atoms with E-state index in [0.717, 1.165) is 0 Å². The quantitative estimate of drug-likeness (QED) is 0.710. The minimum absolute atomic E-state index is 0.110. The fraction of sp³-hybridized carbons (Fsp3) is 0. The number of aliphatic hydroxyl groups is 1. The molecule has 5 heteroatoms. The maximum atomic E-state index is 12.0. The molecule has 0 bridgehead atoms. The number of nitrogens with zero attached hydrogens (tertiary/aromatic N) is 2. The first-order valence-corrected chi connectivity index (χ1v) is 6.57. The van der Waals surface area contributed by atoms with E-state index in [4.69, 9.17) is 5.26 Å². The number of nitrogens with one attached hydrogen (secondary N) is 1. The summed E-state index contributed by atoms with van der Waals surface area (Å²) < 4.78 is 0. The van der Waals surface area contributed by atoms with Gasteiger partial charge in [-0.15, -0.1) is 0 Å². The predicted octanol–water partition coefficient (Wildman–Crippen LogP) is 2.85. The number of aromatic amines is 1. The molecule has 3 rings (SSSR count). The van der Waals surface area contributed by atoms with Gasteiger partial charge in [0.05, 0.1) is 22.7 Å². The Kier molecular flexibility index (Phi) is 3.42. The van der Waals surface area contributed by atoms with Crippen LogP contribution in [0.2, 0.25) is 0 Å². The number of fused-ring (bicyclic) bond motifs is 1. The smallest absolute Gasteiger partial charge is 0.274 e. The molecule has 22 heavy (non-hydrogen) atoms. The van der Waals surface area contributed by atoms with Crippen LogP contribution in [0.25, 0.3) is 22.9 Å². The average Bonchev–Trinajstić information content (AvgIpc) is 2.55. The van der Waals surface area contributed by atoms with Gasteiger partial charge >= 0.3 is 0 Å². The van der Waals surface area contributed by atoms with Gasteiger partial charge in [0.2, 0.25) is 0 Å². The summed E-state index contributed by atoms with van der Waals surface area (Å²) in [4.78, 5) is 18.9.